The van der Waals surface area contributed by atoms with E-state index in [0.29, 0.717) is 12.8 Å². The first-order valence-corrected chi connectivity index (χ1v) is 5.47. The van der Waals surface area contributed by atoms with Crippen LogP contribution < -0.4 is 0 Å². The van der Waals surface area contributed by atoms with E-state index in [2.05, 4.69) is 0 Å². The first-order valence-electron chi connectivity index (χ1n) is 5.47. The summed E-state index contributed by atoms with van der Waals surface area (Å²) in [5.74, 6) is -0.404. The summed E-state index contributed by atoms with van der Waals surface area (Å²) in [4.78, 5) is 11.3. The highest BCUT2D eigenvalue weighted by molar-refractivity contribution is 5.70. The van der Waals surface area contributed by atoms with Gasteiger partial charge in [-0.15, -0.1) is 0 Å². The third kappa shape index (κ3) is 5.09. The first-order chi connectivity index (χ1) is 7.58. The number of esters is 1. The third-order valence-electron chi connectivity index (χ3n) is 2.27. The molecule has 0 saturated heterocycles. The van der Waals surface area contributed by atoms with E-state index in [9.17, 15) is 15.0 Å². The zero-order chi connectivity index (χ0) is 12.0. The fourth-order valence-corrected chi connectivity index (χ4v) is 1.44. The van der Waals surface area contributed by atoms with Gasteiger partial charge in [0, 0.05) is 6.42 Å². The molecule has 0 bridgehead atoms. The van der Waals surface area contributed by atoms with Crippen LogP contribution in [0.4, 0.5) is 0 Å². The number of carbonyl (C=O) groups excluding carboxylic acids is 1. The number of rotatable bonds is 0. The molecule has 0 spiro atoms. The van der Waals surface area contributed by atoms with Gasteiger partial charge in [0.1, 0.15) is 6.10 Å². The molecule has 3 atom stereocenters. The van der Waals surface area contributed by atoms with E-state index >= 15 is 0 Å². The molecule has 0 amide bonds. The maximum atomic E-state index is 11.3. The molecule has 2 N–H and O–H groups in total. The number of hydrogen-bond acceptors (Lipinski definition) is 4. The molecule has 4 nitrogen and oxygen atoms in total. The van der Waals surface area contributed by atoms with E-state index < -0.39 is 18.2 Å². The van der Waals surface area contributed by atoms with E-state index in [1.165, 1.54) is 6.08 Å². The summed E-state index contributed by atoms with van der Waals surface area (Å²) < 4.78 is 5.06. The minimum absolute atomic E-state index is 0.0410. The molecule has 0 aromatic rings. The zero-order valence-corrected chi connectivity index (χ0v) is 9.37. The Morgan fingerprint density at radius 3 is 2.56 bits per heavy atom. The molecule has 4 heteroatoms. The zero-order valence-electron chi connectivity index (χ0n) is 9.37. The van der Waals surface area contributed by atoms with Crippen molar-refractivity contribution in [3.05, 3.63) is 24.3 Å². The SMILES string of the molecule is C[C@@H]1C/C=C\C(O)C/C=C\[C@@H](O)CC(=O)O1. The lowest BCUT2D eigenvalue weighted by Gasteiger charge is -2.13. The number of aliphatic hydroxyl groups excluding tert-OH is 2. The molecule has 1 unspecified atom stereocenters. The lowest BCUT2D eigenvalue weighted by molar-refractivity contribution is -0.149. The minimum atomic E-state index is -0.838. The van der Waals surface area contributed by atoms with Gasteiger partial charge in [-0.3, -0.25) is 4.79 Å². The monoisotopic (exact) mass is 226 g/mol. The lowest BCUT2D eigenvalue weighted by atomic mass is 10.1. The van der Waals surface area contributed by atoms with Crippen LogP contribution in [-0.2, 0) is 9.53 Å². The van der Waals surface area contributed by atoms with Crippen molar-refractivity contribution < 1.29 is 19.7 Å². The number of carbonyl (C=O) groups is 1. The molecule has 1 aliphatic heterocycles. The van der Waals surface area contributed by atoms with E-state index in [0.717, 1.165) is 0 Å². The molecule has 0 aromatic carbocycles. The summed E-state index contributed by atoms with van der Waals surface area (Å²) in [6.07, 6.45) is 5.99. The maximum absolute atomic E-state index is 11.3. The summed E-state index contributed by atoms with van der Waals surface area (Å²) in [6, 6.07) is 0. The fraction of sp³-hybridized carbons (Fsp3) is 0.583. The second kappa shape index (κ2) is 6.45. The van der Waals surface area contributed by atoms with Crippen LogP contribution in [0, 0.1) is 0 Å². The van der Waals surface area contributed by atoms with Crippen molar-refractivity contribution in [2.75, 3.05) is 0 Å². The van der Waals surface area contributed by atoms with E-state index in [1.54, 1.807) is 25.2 Å². The predicted molar refractivity (Wildman–Crippen MR) is 59.7 cm³/mol. The van der Waals surface area contributed by atoms with Crippen molar-refractivity contribution in [1.29, 1.82) is 0 Å². The number of aliphatic hydroxyl groups is 2. The Morgan fingerprint density at radius 2 is 1.81 bits per heavy atom. The molecule has 0 aromatic heterocycles. The standard InChI is InChI=1S/C12H18O4/c1-9-4-2-5-10(13)6-3-7-11(14)8-12(15)16-9/h2-3,5,7,9-11,13-14H,4,6,8H2,1H3/b5-2-,7-3-/t9-,10?,11-/m1/s1. The lowest BCUT2D eigenvalue weighted by Crippen LogP contribution is -2.19. The normalized spacial score (nSPS) is 36.7. The van der Waals surface area contributed by atoms with Gasteiger partial charge in [0.25, 0.3) is 0 Å². The van der Waals surface area contributed by atoms with E-state index in [1.807, 2.05) is 0 Å². The average molecular weight is 226 g/mol. The summed E-state index contributed by atoms with van der Waals surface area (Å²) in [5.41, 5.74) is 0. The Kier molecular flexibility index (Phi) is 5.22. The average Bonchev–Trinajstić information content (AvgIpc) is 2.15. The van der Waals surface area contributed by atoms with Gasteiger partial charge in [-0.2, -0.15) is 0 Å². The topological polar surface area (TPSA) is 66.8 Å². The van der Waals surface area contributed by atoms with Crippen LogP contribution in [0.15, 0.2) is 24.3 Å². The van der Waals surface area contributed by atoms with Gasteiger partial charge in [0.05, 0.1) is 18.6 Å². The third-order valence-corrected chi connectivity index (χ3v) is 2.27. The van der Waals surface area contributed by atoms with Gasteiger partial charge in [-0.05, 0) is 13.3 Å². The van der Waals surface area contributed by atoms with Crippen molar-refractivity contribution in [1.82, 2.24) is 0 Å². The van der Waals surface area contributed by atoms with Gasteiger partial charge in [-0.1, -0.05) is 24.3 Å². The van der Waals surface area contributed by atoms with Crippen molar-refractivity contribution in [2.24, 2.45) is 0 Å². The molecule has 0 fully saturated rings. The summed E-state index contributed by atoms with van der Waals surface area (Å²) in [6.45, 7) is 1.78. The van der Waals surface area contributed by atoms with Crippen LogP contribution in [-0.4, -0.2) is 34.5 Å². The summed E-state index contributed by atoms with van der Waals surface area (Å²) in [7, 11) is 0. The minimum Gasteiger partial charge on any atom is -0.462 e. The Labute approximate surface area is 95.2 Å². The van der Waals surface area contributed by atoms with E-state index in [4.69, 9.17) is 4.74 Å². The van der Waals surface area contributed by atoms with Crippen LogP contribution in [0.5, 0.6) is 0 Å². The summed E-state index contributed by atoms with van der Waals surface area (Å²) in [5, 5.41) is 18.9. The Bertz CT molecular complexity index is 283. The van der Waals surface area contributed by atoms with E-state index in [-0.39, 0.29) is 12.5 Å². The predicted octanol–water partition coefficient (Wildman–Crippen LogP) is 0.936. The van der Waals surface area contributed by atoms with Gasteiger partial charge in [-0.25, -0.2) is 0 Å². The molecule has 0 radical (unpaired) electrons. The van der Waals surface area contributed by atoms with Crippen molar-refractivity contribution >= 4 is 5.97 Å². The molecule has 0 aliphatic carbocycles. The molecule has 1 aliphatic rings. The Morgan fingerprint density at radius 1 is 1.19 bits per heavy atom. The van der Waals surface area contributed by atoms with Crippen LogP contribution in [0.2, 0.25) is 0 Å². The highest BCUT2D eigenvalue weighted by atomic mass is 16.5. The maximum Gasteiger partial charge on any atom is 0.309 e. The first kappa shape index (κ1) is 12.9. The Hall–Kier alpha value is -1.13. The van der Waals surface area contributed by atoms with Crippen molar-refractivity contribution in [2.45, 2.75) is 44.5 Å². The van der Waals surface area contributed by atoms with Crippen molar-refractivity contribution in [3.8, 4) is 0 Å². The van der Waals surface area contributed by atoms with Crippen LogP contribution in [0.1, 0.15) is 26.2 Å². The molecular formula is C12H18O4. The number of ether oxygens (including phenoxy) is 1. The second-order valence-electron chi connectivity index (χ2n) is 3.97. The molecular weight excluding hydrogens is 208 g/mol. The largest absolute Gasteiger partial charge is 0.462 e. The highest BCUT2D eigenvalue weighted by Gasteiger charge is 2.13. The molecule has 90 valence electrons. The highest BCUT2D eigenvalue weighted by Crippen LogP contribution is 2.07. The quantitative estimate of drug-likeness (QED) is 0.476. The molecule has 1 heterocycles. The molecule has 0 saturated carbocycles. The van der Waals surface area contributed by atoms with Gasteiger partial charge in [0.2, 0.25) is 0 Å². The number of hydrogen-bond donors (Lipinski definition) is 2. The van der Waals surface area contributed by atoms with Crippen LogP contribution >= 0.6 is 0 Å². The van der Waals surface area contributed by atoms with Crippen LogP contribution in [0.3, 0.4) is 0 Å². The second-order valence-corrected chi connectivity index (χ2v) is 3.97. The fourth-order valence-electron chi connectivity index (χ4n) is 1.44. The number of cyclic esters (lactones) is 1. The van der Waals surface area contributed by atoms with Gasteiger partial charge < -0.3 is 14.9 Å². The molecule has 1 rings (SSSR count). The molecule has 16 heavy (non-hydrogen) atoms. The van der Waals surface area contributed by atoms with Gasteiger partial charge >= 0.3 is 5.97 Å². The summed E-state index contributed by atoms with van der Waals surface area (Å²) >= 11 is 0. The Balaban J connectivity index is 2.63. The van der Waals surface area contributed by atoms with Gasteiger partial charge in [0.15, 0.2) is 0 Å². The smallest absolute Gasteiger partial charge is 0.309 e. The van der Waals surface area contributed by atoms with Crippen molar-refractivity contribution in [3.63, 3.8) is 0 Å². The van der Waals surface area contributed by atoms with Crippen LogP contribution in [0.25, 0.3) is 0 Å².